The van der Waals surface area contributed by atoms with Crippen LogP contribution >= 0.6 is 0 Å². The summed E-state index contributed by atoms with van der Waals surface area (Å²) in [6.45, 7) is 6.30. The van der Waals surface area contributed by atoms with Crippen molar-refractivity contribution in [3.63, 3.8) is 0 Å². The molecule has 0 aromatic rings. The average Bonchev–Trinajstić information content (AvgIpc) is 3.12. The summed E-state index contributed by atoms with van der Waals surface area (Å²) in [6, 6.07) is 0. The van der Waals surface area contributed by atoms with Gasteiger partial charge in [-0.1, -0.05) is 19.4 Å². The van der Waals surface area contributed by atoms with Crippen LogP contribution in [-0.4, -0.2) is 29.1 Å². The van der Waals surface area contributed by atoms with Crippen LogP contribution in [0.5, 0.6) is 0 Å². The van der Waals surface area contributed by atoms with Crippen LogP contribution < -0.4 is 0 Å². The van der Waals surface area contributed by atoms with Crippen LogP contribution in [0, 0.1) is 22.7 Å². The molecule has 0 radical (unpaired) electrons. The van der Waals surface area contributed by atoms with Gasteiger partial charge < -0.3 is 9.84 Å². The van der Waals surface area contributed by atoms with Crippen molar-refractivity contribution in [2.24, 2.45) is 22.7 Å². The van der Waals surface area contributed by atoms with E-state index < -0.39 is 12.2 Å². The Kier molecular flexibility index (Phi) is 2.61. The van der Waals surface area contributed by atoms with Crippen LogP contribution in [0.4, 0.5) is 0 Å². The lowest BCUT2D eigenvalue weighted by Gasteiger charge is -2.53. The lowest BCUT2D eigenvalue weighted by Crippen LogP contribution is -2.49. The summed E-state index contributed by atoms with van der Waals surface area (Å²) in [4.78, 5) is 25.0. The maximum Gasteiger partial charge on any atom is 0.334 e. The molecular formula is C20H24O4. The third-order valence-corrected chi connectivity index (χ3v) is 8.00. The van der Waals surface area contributed by atoms with Crippen LogP contribution in [0.15, 0.2) is 22.3 Å². The zero-order valence-electron chi connectivity index (χ0n) is 14.5. The van der Waals surface area contributed by atoms with Crippen LogP contribution in [0.3, 0.4) is 0 Å². The predicted octanol–water partition coefficient (Wildman–Crippen LogP) is 2.70. The normalized spacial score (nSPS) is 49.3. The highest BCUT2D eigenvalue weighted by molar-refractivity contribution is 6.16. The van der Waals surface area contributed by atoms with Gasteiger partial charge in [-0.05, 0) is 55.3 Å². The fraction of sp³-hybridized carbons (Fsp3) is 0.700. The average molecular weight is 328 g/mol. The number of hydrogen-bond donors (Lipinski definition) is 1. The minimum atomic E-state index is -0.696. The van der Waals surface area contributed by atoms with E-state index in [1.807, 2.05) is 0 Å². The molecule has 4 nitrogen and oxygen atoms in total. The Bertz CT molecular complexity index is 760. The summed E-state index contributed by atoms with van der Waals surface area (Å²) in [6.07, 6.45) is 3.67. The van der Waals surface area contributed by atoms with Gasteiger partial charge in [0.1, 0.15) is 6.10 Å². The van der Waals surface area contributed by atoms with Crippen molar-refractivity contribution in [2.75, 3.05) is 0 Å². The minimum Gasteiger partial charge on any atom is -0.454 e. The molecule has 2 fully saturated rings. The van der Waals surface area contributed by atoms with E-state index in [2.05, 4.69) is 13.8 Å². The zero-order chi connectivity index (χ0) is 17.0. The number of ketones is 1. The van der Waals surface area contributed by atoms with E-state index in [4.69, 9.17) is 4.74 Å². The van der Waals surface area contributed by atoms with E-state index >= 15 is 0 Å². The Morgan fingerprint density at radius 1 is 1.21 bits per heavy atom. The van der Waals surface area contributed by atoms with Crippen molar-refractivity contribution >= 4 is 11.8 Å². The summed E-state index contributed by atoms with van der Waals surface area (Å²) < 4.78 is 5.47. The Balaban J connectivity index is 1.66. The number of rotatable bonds is 0. The number of aliphatic hydroxyl groups is 1. The van der Waals surface area contributed by atoms with E-state index in [9.17, 15) is 14.7 Å². The fourth-order valence-electron chi connectivity index (χ4n) is 6.50. The lowest BCUT2D eigenvalue weighted by atomic mass is 9.51. The van der Waals surface area contributed by atoms with Crippen molar-refractivity contribution in [2.45, 2.75) is 65.1 Å². The van der Waals surface area contributed by atoms with Crippen molar-refractivity contribution in [1.29, 1.82) is 0 Å². The molecule has 6 unspecified atom stereocenters. The number of ether oxygens (including phenoxy) is 1. The second-order valence-electron chi connectivity index (χ2n) is 9.03. The molecule has 24 heavy (non-hydrogen) atoms. The minimum absolute atomic E-state index is 0.0413. The molecule has 1 N–H and O–H groups in total. The summed E-state index contributed by atoms with van der Waals surface area (Å²) in [5.41, 5.74) is 2.86. The van der Waals surface area contributed by atoms with Crippen LogP contribution in [0.1, 0.15) is 52.9 Å². The number of carbonyl (C=O) groups is 2. The molecule has 1 heterocycles. The van der Waals surface area contributed by atoms with Crippen molar-refractivity contribution in [3.05, 3.63) is 22.3 Å². The number of esters is 1. The quantitative estimate of drug-likeness (QED) is 0.695. The largest absolute Gasteiger partial charge is 0.454 e. The van der Waals surface area contributed by atoms with Gasteiger partial charge in [0.05, 0.1) is 11.7 Å². The first kappa shape index (κ1) is 14.9. The summed E-state index contributed by atoms with van der Waals surface area (Å²) in [7, 11) is 0. The van der Waals surface area contributed by atoms with Crippen LogP contribution in [0.2, 0.25) is 0 Å². The van der Waals surface area contributed by atoms with Gasteiger partial charge in [0.2, 0.25) is 0 Å². The van der Waals surface area contributed by atoms with E-state index in [1.165, 1.54) is 12.8 Å². The van der Waals surface area contributed by atoms with Gasteiger partial charge in [0, 0.05) is 17.6 Å². The standard InChI is InChI=1S/C20H24O4/c1-9-15-13(24-18(9)23)6-11-16(17(15)22)12(21)7-14-19(11,2)5-4-10-8-20(10,14)3/h10,12-14,21H,4-8H2,1-3H3. The van der Waals surface area contributed by atoms with Gasteiger partial charge in [-0.3, -0.25) is 4.79 Å². The number of aliphatic hydroxyl groups excluding tert-OH is 1. The summed E-state index contributed by atoms with van der Waals surface area (Å²) in [5.74, 6) is 0.692. The molecule has 4 aliphatic carbocycles. The van der Waals surface area contributed by atoms with Gasteiger partial charge in [0.25, 0.3) is 0 Å². The number of carbonyl (C=O) groups excluding carboxylic acids is 2. The van der Waals surface area contributed by atoms with Crippen LogP contribution in [0.25, 0.3) is 0 Å². The molecule has 0 amide bonds. The molecule has 0 spiro atoms. The highest BCUT2D eigenvalue weighted by Gasteiger charge is 2.66. The van der Waals surface area contributed by atoms with Gasteiger partial charge in [-0.15, -0.1) is 0 Å². The first-order valence-electron chi connectivity index (χ1n) is 9.15. The topological polar surface area (TPSA) is 63.6 Å². The first-order valence-corrected chi connectivity index (χ1v) is 9.15. The maximum atomic E-state index is 13.1. The third-order valence-electron chi connectivity index (χ3n) is 8.00. The van der Waals surface area contributed by atoms with E-state index in [-0.39, 0.29) is 17.2 Å². The molecule has 2 saturated carbocycles. The van der Waals surface area contributed by atoms with E-state index in [0.717, 1.165) is 17.9 Å². The summed E-state index contributed by atoms with van der Waals surface area (Å²) in [5, 5.41) is 10.8. The lowest BCUT2D eigenvalue weighted by molar-refractivity contribution is -0.140. The SMILES string of the molecule is CC1=C2C(=O)C3=C(CC2OC1=O)C1(C)CCC2CC2(C)C1CC3O. The molecule has 0 bridgehead atoms. The number of hydrogen-bond acceptors (Lipinski definition) is 4. The monoisotopic (exact) mass is 328 g/mol. The number of Topliss-reactive ketones (excluding diaryl/α,β-unsaturated/α-hetero) is 1. The molecule has 6 atom stereocenters. The Hall–Kier alpha value is -1.42. The Morgan fingerprint density at radius 2 is 1.96 bits per heavy atom. The van der Waals surface area contributed by atoms with E-state index in [1.54, 1.807) is 6.92 Å². The second-order valence-corrected chi connectivity index (χ2v) is 9.03. The second kappa shape index (κ2) is 4.21. The Labute approximate surface area is 141 Å². The van der Waals surface area contributed by atoms with Crippen molar-refractivity contribution in [3.8, 4) is 0 Å². The Morgan fingerprint density at radius 3 is 2.71 bits per heavy atom. The third kappa shape index (κ3) is 1.54. The molecule has 128 valence electrons. The molecule has 4 heteroatoms. The van der Waals surface area contributed by atoms with Crippen LogP contribution in [-0.2, 0) is 14.3 Å². The first-order chi connectivity index (χ1) is 11.3. The molecule has 0 aromatic heterocycles. The molecule has 1 aliphatic heterocycles. The molecule has 5 aliphatic rings. The predicted molar refractivity (Wildman–Crippen MR) is 86.9 cm³/mol. The van der Waals surface area contributed by atoms with Gasteiger partial charge in [-0.25, -0.2) is 4.79 Å². The van der Waals surface area contributed by atoms with Gasteiger partial charge in [-0.2, -0.15) is 0 Å². The van der Waals surface area contributed by atoms with Crippen molar-refractivity contribution < 1.29 is 19.4 Å². The van der Waals surface area contributed by atoms with Gasteiger partial charge in [0.15, 0.2) is 5.78 Å². The molecule has 5 rings (SSSR count). The van der Waals surface area contributed by atoms with E-state index in [0.29, 0.717) is 40.9 Å². The zero-order valence-corrected chi connectivity index (χ0v) is 14.5. The molecular weight excluding hydrogens is 304 g/mol. The highest BCUT2D eigenvalue weighted by Crippen LogP contribution is 2.73. The fourth-order valence-corrected chi connectivity index (χ4v) is 6.50. The summed E-state index contributed by atoms with van der Waals surface area (Å²) >= 11 is 0. The number of fused-ring (bicyclic) bond motifs is 5. The van der Waals surface area contributed by atoms with Crippen molar-refractivity contribution in [1.82, 2.24) is 0 Å². The smallest absolute Gasteiger partial charge is 0.334 e. The molecule has 0 aromatic carbocycles. The molecule has 0 saturated heterocycles. The maximum absolute atomic E-state index is 13.1. The highest BCUT2D eigenvalue weighted by atomic mass is 16.5. The van der Waals surface area contributed by atoms with Gasteiger partial charge >= 0.3 is 5.97 Å².